The summed E-state index contributed by atoms with van der Waals surface area (Å²) in [5, 5.41) is 0. The molecule has 0 amide bonds. The lowest BCUT2D eigenvalue weighted by atomic mass is 10.0. The Kier molecular flexibility index (Phi) is 45.9. The number of ether oxygens (including phenoxy) is 3. The zero-order chi connectivity index (χ0) is 43.0. The van der Waals surface area contributed by atoms with Crippen LogP contribution in [0.5, 0.6) is 0 Å². The lowest BCUT2D eigenvalue weighted by molar-refractivity contribution is -0.167. The van der Waals surface area contributed by atoms with Crippen molar-refractivity contribution in [2.75, 3.05) is 13.2 Å². The first-order valence-electron chi connectivity index (χ1n) is 25.2. The lowest BCUT2D eigenvalue weighted by Gasteiger charge is -2.18. The number of allylic oxidation sites excluding steroid dienone is 8. The lowest BCUT2D eigenvalue weighted by Crippen LogP contribution is -2.30. The third-order valence-corrected chi connectivity index (χ3v) is 10.9. The Hall–Kier alpha value is -2.63. The monoisotopic (exact) mass is 827 g/mol. The summed E-state index contributed by atoms with van der Waals surface area (Å²) >= 11 is 0. The molecule has 342 valence electrons. The zero-order valence-corrected chi connectivity index (χ0v) is 39.0. The molecule has 0 N–H and O–H groups in total. The first-order valence-corrected chi connectivity index (χ1v) is 25.2. The van der Waals surface area contributed by atoms with Gasteiger partial charge < -0.3 is 14.2 Å². The Morgan fingerprint density at radius 3 is 1.12 bits per heavy atom. The average molecular weight is 827 g/mol. The quantitative estimate of drug-likeness (QED) is 0.0200. The molecule has 6 nitrogen and oxygen atoms in total. The molecule has 0 saturated carbocycles. The highest BCUT2D eigenvalue weighted by molar-refractivity contribution is 5.71. The zero-order valence-electron chi connectivity index (χ0n) is 39.0. The molecule has 6 heteroatoms. The second-order valence-corrected chi connectivity index (χ2v) is 16.8. The van der Waals surface area contributed by atoms with Gasteiger partial charge >= 0.3 is 17.9 Å². The van der Waals surface area contributed by atoms with Crippen molar-refractivity contribution in [2.24, 2.45) is 0 Å². The molecule has 1 atom stereocenters. The van der Waals surface area contributed by atoms with Crippen molar-refractivity contribution in [3.05, 3.63) is 48.6 Å². The van der Waals surface area contributed by atoms with Crippen LogP contribution in [0.1, 0.15) is 252 Å². The summed E-state index contributed by atoms with van der Waals surface area (Å²) in [6, 6.07) is 0. The largest absolute Gasteiger partial charge is 0.462 e. The summed E-state index contributed by atoms with van der Waals surface area (Å²) < 4.78 is 16.7. The van der Waals surface area contributed by atoms with Crippen molar-refractivity contribution in [1.82, 2.24) is 0 Å². The molecule has 0 radical (unpaired) electrons. The van der Waals surface area contributed by atoms with Crippen molar-refractivity contribution in [3.8, 4) is 0 Å². The van der Waals surface area contributed by atoms with E-state index in [2.05, 4.69) is 69.4 Å². The molecule has 0 aliphatic rings. The molecule has 0 heterocycles. The van der Waals surface area contributed by atoms with Gasteiger partial charge in [0.25, 0.3) is 0 Å². The van der Waals surface area contributed by atoms with Crippen LogP contribution in [0, 0.1) is 0 Å². The van der Waals surface area contributed by atoms with E-state index in [9.17, 15) is 14.4 Å². The Bertz CT molecular complexity index is 1040. The van der Waals surface area contributed by atoms with Gasteiger partial charge in [-0.15, -0.1) is 0 Å². The molecule has 1 unspecified atom stereocenters. The number of hydrogen-bond donors (Lipinski definition) is 0. The van der Waals surface area contributed by atoms with Crippen LogP contribution >= 0.6 is 0 Å². The van der Waals surface area contributed by atoms with E-state index < -0.39 is 6.10 Å². The van der Waals surface area contributed by atoms with Gasteiger partial charge in [0.2, 0.25) is 0 Å². The van der Waals surface area contributed by atoms with E-state index in [1.54, 1.807) is 0 Å². The smallest absolute Gasteiger partial charge is 0.306 e. The van der Waals surface area contributed by atoms with Crippen molar-refractivity contribution >= 4 is 17.9 Å². The van der Waals surface area contributed by atoms with Gasteiger partial charge in [-0.1, -0.05) is 223 Å². The third kappa shape index (κ3) is 46.3. The molecule has 0 aliphatic carbocycles. The molecule has 0 fully saturated rings. The first-order chi connectivity index (χ1) is 29.0. The highest BCUT2D eigenvalue weighted by Gasteiger charge is 2.19. The van der Waals surface area contributed by atoms with E-state index in [1.807, 2.05) is 0 Å². The van der Waals surface area contributed by atoms with E-state index in [4.69, 9.17) is 14.2 Å². The summed E-state index contributed by atoms with van der Waals surface area (Å²) in [7, 11) is 0. The van der Waals surface area contributed by atoms with Crippen LogP contribution in [0.3, 0.4) is 0 Å². The van der Waals surface area contributed by atoms with Crippen molar-refractivity contribution in [2.45, 2.75) is 258 Å². The van der Waals surface area contributed by atoms with Crippen LogP contribution in [0.2, 0.25) is 0 Å². The minimum atomic E-state index is -0.784. The number of esters is 3. The summed E-state index contributed by atoms with van der Waals surface area (Å²) in [5.41, 5.74) is 0. The van der Waals surface area contributed by atoms with Crippen molar-refractivity contribution < 1.29 is 28.6 Å². The third-order valence-electron chi connectivity index (χ3n) is 10.9. The number of rotatable bonds is 45. The topological polar surface area (TPSA) is 78.9 Å². The molecule has 0 rings (SSSR count). The molecule has 0 spiro atoms. The standard InChI is InChI=1S/C53H94O6/c1-4-7-10-13-16-19-22-24-25-26-27-28-30-31-34-37-40-43-46-52(55)58-49-50(48-57-51(54)45-42-39-36-33-21-18-15-12-9-6-3)59-53(56)47-44-41-38-35-32-29-23-20-17-14-11-8-5-2/h8,11,14-15,17-18,20,23,50H,4-7,9-10,12-13,16,19,21-22,24-49H2,1-3H3/b11-8-,17-14-,18-15-,23-20-. The van der Waals surface area contributed by atoms with Gasteiger partial charge in [0.15, 0.2) is 6.10 Å². The average Bonchev–Trinajstić information content (AvgIpc) is 3.23. The molecule has 0 saturated heterocycles. The Morgan fingerprint density at radius 2 is 0.695 bits per heavy atom. The fraction of sp³-hybridized carbons (Fsp3) is 0.792. The SMILES string of the molecule is CC\C=C/C=C\C=C/CCCCCCCC(=O)OC(COC(=O)CCCCCC/C=C\CCCC)COC(=O)CCCCCCCCCCCCCCCCCCCC. The number of hydrogen-bond acceptors (Lipinski definition) is 6. The van der Waals surface area contributed by atoms with Crippen molar-refractivity contribution in [3.63, 3.8) is 0 Å². The minimum Gasteiger partial charge on any atom is -0.462 e. The van der Waals surface area contributed by atoms with E-state index in [0.717, 1.165) is 103 Å². The number of unbranched alkanes of at least 4 members (excludes halogenated alkanes) is 28. The maximum Gasteiger partial charge on any atom is 0.306 e. The van der Waals surface area contributed by atoms with Crippen LogP contribution < -0.4 is 0 Å². The summed E-state index contributed by atoms with van der Waals surface area (Å²) in [6.07, 6.45) is 56.7. The molecule has 0 aromatic carbocycles. The van der Waals surface area contributed by atoms with Crippen molar-refractivity contribution in [1.29, 1.82) is 0 Å². The van der Waals surface area contributed by atoms with Gasteiger partial charge in [-0.3, -0.25) is 14.4 Å². The fourth-order valence-electron chi connectivity index (χ4n) is 7.07. The van der Waals surface area contributed by atoms with Crippen LogP contribution in [-0.4, -0.2) is 37.2 Å². The molecule has 0 bridgehead atoms. The second kappa shape index (κ2) is 48.0. The van der Waals surface area contributed by atoms with Crippen LogP contribution in [0.25, 0.3) is 0 Å². The Labute approximate surface area is 365 Å². The predicted molar refractivity (Wildman–Crippen MR) is 252 cm³/mol. The highest BCUT2D eigenvalue weighted by atomic mass is 16.6. The fourth-order valence-corrected chi connectivity index (χ4v) is 7.07. The van der Waals surface area contributed by atoms with E-state index >= 15 is 0 Å². The van der Waals surface area contributed by atoms with Gasteiger partial charge in [0.1, 0.15) is 13.2 Å². The van der Waals surface area contributed by atoms with Crippen LogP contribution in [0.15, 0.2) is 48.6 Å². The second-order valence-electron chi connectivity index (χ2n) is 16.8. The van der Waals surface area contributed by atoms with Gasteiger partial charge in [0, 0.05) is 19.3 Å². The van der Waals surface area contributed by atoms with Gasteiger partial charge in [-0.25, -0.2) is 0 Å². The molecule has 59 heavy (non-hydrogen) atoms. The van der Waals surface area contributed by atoms with E-state index in [-0.39, 0.29) is 31.1 Å². The maximum atomic E-state index is 12.7. The van der Waals surface area contributed by atoms with Crippen LogP contribution in [0.4, 0.5) is 0 Å². The summed E-state index contributed by atoms with van der Waals surface area (Å²) in [4.78, 5) is 37.8. The molecular formula is C53H94O6. The van der Waals surface area contributed by atoms with Gasteiger partial charge in [-0.05, 0) is 57.8 Å². The number of carbonyl (C=O) groups is 3. The Morgan fingerprint density at radius 1 is 0.356 bits per heavy atom. The maximum absolute atomic E-state index is 12.7. The minimum absolute atomic E-state index is 0.0831. The normalized spacial score (nSPS) is 12.4. The molecule has 0 aromatic heterocycles. The molecular weight excluding hydrogens is 733 g/mol. The Balaban J connectivity index is 4.32. The summed E-state index contributed by atoms with van der Waals surface area (Å²) in [6.45, 7) is 6.45. The molecule has 0 aromatic rings. The van der Waals surface area contributed by atoms with Gasteiger partial charge in [-0.2, -0.15) is 0 Å². The number of carbonyl (C=O) groups excluding carboxylic acids is 3. The first kappa shape index (κ1) is 56.4. The van der Waals surface area contributed by atoms with E-state index in [0.29, 0.717) is 19.3 Å². The predicted octanol–water partition coefficient (Wildman–Crippen LogP) is 16.3. The van der Waals surface area contributed by atoms with Crippen LogP contribution in [-0.2, 0) is 28.6 Å². The summed E-state index contributed by atoms with van der Waals surface area (Å²) in [5.74, 6) is -0.913. The van der Waals surface area contributed by atoms with Gasteiger partial charge in [0.05, 0.1) is 0 Å². The molecule has 0 aliphatic heterocycles. The van der Waals surface area contributed by atoms with E-state index in [1.165, 1.54) is 109 Å². The highest BCUT2D eigenvalue weighted by Crippen LogP contribution is 2.16.